The highest BCUT2D eigenvalue weighted by atomic mass is 16.5. The molecule has 1 N–H and O–H groups in total. The van der Waals surface area contributed by atoms with Crippen molar-refractivity contribution in [3.05, 3.63) is 70.9 Å². The van der Waals surface area contributed by atoms with Crippen molar-refractivity contribution in [1.82, 2.24) is 15.2 Å². The van der Waals surface area contributed by atoms with E-state index in [0.29, 0.717) is 31.5 Å². The molecule has 2 aromatic carbocycles. The predicted octanol–water partition coefficient (Wildman–Crippen LogP) is 5.35. The van der Waals surface area contributed by atoms with E-state index in [1.807, 2.05) is 41.3 Å². The van der Waals surface area contributed by atoms with Crippen LogP contribution in [0.3, 0.4) is 0 Å². The van der Waals surface area contributed by atoms with E-state index in [1.165, 1.54) is 5.57 Å². The molecular formula is C31H35N3O3. The summed E-state index contributed by atoms with van der Waals surface area (Å²) < 4.78 is 5.32. The zero-order valence-corrected chi connectivity index (χ0v) is 21.9. The van der Waals surface area contributed by atoms with Gasteiger partial charge in [0.05, 0.1) is 23.9 Å². The predicted molar refractivity (Wildman–Crippen MR) is 147 cm³/mol. The second kappa shape index (κ2) is 10.8. The maximum absolute atomic E-state index is 14.1. The van der Waals surface area contributed by atoms with Crippen LogP contribution < -0.4 is 10.1 Å². The highest BCUT2D eigenvalue weighted by Crippen LogP contribution is 2.39. The minimum Gasteiger partial charge on any atom is -0.497 e. The Morgan fingerprint density at radius 1 is 1.08 bits per heavy atom. The van der Waals surface area contributed by atoms with Gasteiger partial charge in [-0.15, -0.1) is 0 Å². The number of hydrogen-bond donors (Lipinski definition) is 1. The van der Waals surface area contributed by atoms with Gasteiger partial charge in [-0.25, -0.2) is 4.98 Å². The summed E-state index contributed by atoms with van der Waals surface area (Å²) in [6, 6.07) is 16.1. The molecule has 6 nitrogen and oxygen atoms in total. The number of aromatic nitrogens is 1. The van der Waals surface area contributed by atoms with Crippen molar-refractivity contribution in [2.24, 2.45) is 11.8 Å². The topological polar surface area (TPSA) is 71.5 Å². The Labute approximate surface area is 218 Å². The van der Waals surface area contributed by atoms with Gasteiger partial charge in [-0.05, 0) is 78.5 Å². The lowest BCUT2D eigenvalue weighted by Crippen LogP contribution is -2.42. The zero-order chi connectivity index (χ0) is 25.9. The molecule has 0 saturated carbocycles. The number of carbonyl (C=O) groups is 2. The van der Waals surface area contributed by atoms with E-state index in [1.54, 1.807) is 14.0 Å². The molecule has 3 aromatic rings. The van der Waals surface area contributed by atoms with Gasteiger partial charge in [0.1, 0.15) is 5.75 Å². The number of rotatable bonds is 5. The second-order valence-electron chi connectivity index (χ2n) is 10.5. The first-order valence-corrected chi connectivity index (χ1v) is 13.2. The monoisotopic (exact) mass is 497 g/mol. The first-order chi connectivity index (χ1) is 17.9. The van der Waals surface area contributed by atoms with Gasteiger partial charge in [-0.3, -0.25) is 9.59 Å². The maximum atomic E-state index is 14.1. The van der Waals surface area contributed by atoms with Gasteiger partial charge in [0.15, 0.2) is 0 Å². The molecule has 192 valence electrons. The summed E-state index contributed by atoms with van der Waals surface area (Å²) in [6.45, 7) is 5.90. The number of benzene rings is 2. The van der Waals surface area contributed by atoms with Crippen LogP contribution in [0, 0.1) is 11.8 Å². The third kappa shape index (κ3) is 5.38. The number of nitrogens with zero attached hydrogens (tertiary/aromatic N) is 2. The van der Waals surface area contributed by atoms with Crippen molar-refractivity contribution in [3.8, 4) is 5.75 Å². The number of hydrogen-bond acceptors (Lipinski definition) is 4. The van der Waals surface area contributed by atoms with Gasteiger partial charge < -0.3 is 15.0 Å². The summed E-state index contributed by atoms with van der Waals surface area (Å²) in [5.74, 6) is 1.76. The molecule has 6 heteroatoms. The standard InChI is InChI=1S/C31H35N3O3/c1-20-16-24(18-22-8-10-25(37-3)11-9-22)30-27(17-20)29(26-6-4-5-7-28(26)33-30)31(36)34-14-12-23(13-15-34)19-32-21(2)35/h4-11,18,20,23H,12-17,19H2,1-3H3,(H,32,35). The van der Waals surface area contributed by atoms with Crippen LogP contribution >= 0.6 is 0 Å². The lowest BCUT2D eigenvalue weighted by Gasteiger charge is -2.34. The van der Waals surface area contributed by atoms with Crippen molar-refractivity contribution in [2.75, 3.05) is 26.7 Å². The fourth-order valence-electron chi connectivity index (χ4n) is 5.67. The SMILES string of the molecule is COc1ccc(C=C2CC(C)Cc3c2nc2ccccc2c3C(=O)N2CCC(CNC(C)=O)CC2)cc1. The van der Waals surface area contributed by atoms with Gasteiger partial charge in [0.25, 0.3) is 5.91 Å². The molecule has 2 amide bonds. The van der Waals surface area contributed by atoms with Gasteiger partial charge in [0.2, 0.25) is 5.91 Å². The van der Waals surface area contributed by atoms with E-state index < -0.39 is 0 Å². The molecule has 1 unspecified atom stereocenters. The summed E-state index contributed by atoms with van der Waals surface area (Å²) in [5, 5.41) is 3.86. The number of pyridine rings is 1. The Kier molecular flexibility index (Phi) is 7.26. The number of allylic oxidation sites excluding steroid dienone is 1. The lowest BCUT2D eigenvalue weighted by atomic mass is 9.80. The van der Waals surface area contributed by atoms with Gasteiger partial charge in [-0.1, -0.05) is 37.3 Å². The van der Waals surface area contributed by atoms with Crippen LogP contribution in [0.15, 0.2) is 48.5 Å². The maximum Gasteiger partial charge on any atom is 0.254 e. The van der Waals surface area contributed by atoms with Crippen LogP contribution in [0.4, 0.5) is 0 Å². The average molecular weight is 498 g/mol. The zero-order valence-electron chi connectivity index (χ0n) is 21.9. The van der Waals surface area contributed by atoms with Crippen LogP contribution in [-0.2, 0) is 11.2 Å². The summed E-state index contributed by atoms with van der Waals surface area (Å²) in [6.07, 6.45) is 5.77. The highest BCUT2D eigenvalue weighted by Gasteiger charge is 2.31. The molecule has 1 aliphatic heterocycles. The van der Waals surface area contributed by atoms with Crippen LogP contribution in [0.1, 0.15) is 60.3 Å². The molecule has 2 aliphatic rings. The van der Waals surface area contributed by atoms with Crippen molar-refractivity contribution in [3.63, 3.8) is 0 Å². The fraction of sp³-hybridized carbons (Fsp3) is 0.387. The van der Waals surface area contributed by atoms with Crippen LogP contribution in [0.5, 0.6) is 5.75 Å². The average Bonchev–Trinajstić information content (AvgIpc) is 2.91. The molecule has 2 heterocycles. The number of piperidine rings is 1. The van der Waals surface area contributed by atoms with Crippen LogP contribution in [-0.4, -0.2) is 48.4 Å². The number of para-hydroxylation sites is 1. The molecule has 0 radical (unpaired) electrons. The first-order valence-electron chi connectivity index (χ1n) is 13.2. The van der Waals surface area contributed by atoms with E-state index in [0.717, 1.165) is 64.7 Å². The number of nitrogens with one attached hydrogen (secondary N) is 1. The number of amides is 2. The Morgan fingerprint density at radius 2 is 1.81 bits per heavy atom. The molecular weight excluding hydrogens is 462 g/mol. The molecule has 1 aromatic heterocycles. The lowest BCUT2D eigenvalue weighted by molar-refractivity contribution is -0.119. The molecule has 1 fully saturated rings. The van der Waals surface area contributed by atoms with E-state index in [2.05, 4.69) is 30.4 Å². The Hall–Kier alpha value is -3.67. The fourth-order valence-corrected chi connectivity index (χ4v) is 5.67. The smallest absolute Gasteiger partial charge is 0.254 e. The molecule has 1 atom stereocenters. The van der Waals surface area contributed by atoms with Gasteiger partial charge in [0, 0.05) is 31.9 Å². The van der Waals surface area contributed by atoms with Crippen molar-refractivity contribution in [1.29, 1.82) is 0 Å². The molecule has 1 saturated heterocycles. The third-order valence-corrected chi connectivity index (χ3v) is 7.63. The molecule has 1 aliphatic carbocycles. The largest absolute Gasteiger partial charge is 0.497 e. The normalized spacial score (nSPS) is 19.1. The Bertz CT molecular complexity index is 1340. The number of carbonyl (C=O) groups excluding carboxylic acids is 2. The van der Waals surface area contributed by atoms with Gasteiger partial charge in [-0.2, -0.15) is 0 Å². The number of ether oxygens (including phenoxy) is 1. The second-order valence-corrected chi connectivity index (χ2v) is 10.5. The quantitative estimate of drug-likeness (QED) is 0.516. The summed E-state index contributed by atoms with van der Waals surface area (Å²) in [4.78, 5) is 32.5. The van der Waals surface area contributed by atoms with Gasteiger partial charge >= 0.3 is 0 Å². The molecule has 0 bridgehead atoms. The van der Waals surface area contributed by atoms with Crippen molar-refractivity contribution in [2.45, 2.75) is 39.5 Å². The molecule has 0 spiro atoms. The van der Waals surface area contributed by atoms with Crippen molar-refractivity contribution >= 4 is 34.4 Å². The summed E-state index contributed by atoms with van der Waals surface area (Å²) in [5.41, 5.74) is 5.97. The Balaban J connectivity index is 1.52. The van der Waals surface area contributed by atoms with Crippen LogP contribution in [0.2, 0.25) is 0 Å². The summed E-state index contributed by atoms with van der Waals surface area (Å²) >= 11 is 0. The minimum absolute atomic E-state index is 0.000933. The van der Waals surface area contributed by atoms with E-state index in [-0.39, 0.29) is 11.8 Å². The molecule has 5 rings (SSSR count). The highest BCUT2D eigenvalue weighted by molar-refractivity contribution is 6.09. The first kappa shape index (κ1) is 25.0. The van der Waals surface area contributed by atoms with E-state index in [4.69, 9.17) is 9.72 Å². The third-order valence-electron chi connectivity index (χ3n) is 7.63. The van der Waals surface area contributed by atoms with Crippen molar-refractivity contribution < 1.29 is 14.3 Å². The van der Waals surface area contributed by atoms with Crippen LogP contribution in [0.25, 0.3) is 22.6 Å². The minimum atomic E-state index is 0.000933. The number of likely N-dealkylation sites (tertiary alicyclic amines) is 1. The molecule has 37 heavy (non-hydrogen) atoms. The van der Waals surface area contributed by atoms with E-state index in [9.17, 15) is 9.59 Å². The Morgan fingerprint density at radius 3 is 2.51 bits per heavy atom. The van der Waals surface area contributed by atoms with E-state index >= 15 is 0 Å². The number of methoxy groups -OCH3 is 1. The number of fused-ring (bicyclic) bond motifs is 2. The summed E-state index contributed by atoms with van der Waals surface area (Å²) in [7, 11) is 1.67.